The van der Waals surface area contributed by atoms with Crippen LogP contribution in [0.25, 0.3) is 16.9 Å². The van der Waals surface area contributed by atoms with Crippen molar-refractivity contribution in [2.45, 2.75) is 12.8 Å². The highest BCUT2D eigenvalue weighted by atomic mass is 79.9. The molecule has 1 fully saturated rings. The molecule has 0 bridgehead atoms. The second-order valence-corrected chi connectivity index (χ2v) is 9.99. The molecule has 0 radical (unpaired) electrons. The molecule has 1 unspecified atom stereocenters. The van der Waals surface area contributed by atoms with Gasteiger partial charge in [0.1, 0.15) is 11.6 Å². The number of piperidine rings is 1. The second kappa shape index (κ2) is 10.8. The van der Waals surface area contributed by atoms with Gasteiger partial charge in [-0.2, -0.15) is 9.61 Å². The van der Waals surface area contributed by atoms with Gasteiger partial charge < -0.3 is 20.3 Å². The molecule has 2 amide bonds. The predicted octanol–water partition coefficient (Wildman–Crippen LogP) is 6.18. The van der Waals surface area contributed by atoms with E-state index in [4.69, 9.17) is 21.3 Å². The van der Waals surface area contributed by atoms with Crippen molar-refractivity contribution in [1.29, 1.82) is 0 Å². The number of rotatable bonds is 6. The van der Waals surface area contributed by atoms with E-state index in [2.05, 4.69) is 31.7 Å². The Morgan fingerprint density at radius 2 is 2.08 bits per heavy atom. The lowest BCUT2D eigenvalue weighted by molar-refractivity contribution is 0.180. The average molecular weight is 570 g/mol. The number of likely N-dealkylation sites (tertiary alicyclic amines) is 1. The number of nitrogens with one attached hydrogen (secondary N) is 2. The minimum absolute atomic E-state index is 0.101. The molecule has 4 aromatic rings. The summed E-state index contributed by atoms with van der Waals surface area (Å²) in [5, 5.41) is 11.6. The van der Waals surface area contributed by atoms with Crippen LogP contribution >= 0.6 is 27.5 Å². The van der Waals surface area contributed by atoms with Crippen LogP contribution in [-0.4, -0.2) is 52.3 Å². The van der Waals surface area contributed by atoms with Gasteiger partial charge in [0.25, 0.3) is 0 Å². The molecule has 1 saturated heterocycles. The molecule has 2 aromatic heterocycles. The molecule has 1 aliphatic heterocycles. The van der Waals surface area contributed by atoms with Crippen LogP contribution in [0.1, 0.15) is 12.8 Å². The van der Waals surface area contributed by atoms with Crippen molar-refractivity contribution < 1.29 is 9.53 Å². The maximum atomic E-state index is 12.9. The lowest BCUT2D eigenvalue weighted by Gasteiger charge is -2.33. The number of benzene rings is 2. The highest BCUT2D eigenvalue weighted by Crippen LogP contribution is 2.30. The topological polar surface area (TPSA) is 83.8 Å². The van der Waals surface area contributed by atoms with Gasteiger partial charge in [0.05, 0.1) is 23.5 Å². The van der Waals surface area contributed by atoms with Gasteiger partial charge >= 0.3 is 6.03 Å². The number of carbonyl (C=O) groups is 1. The molecule has 1 atom stereocenters. The Hall–Kier alpha value is -3.30. The van der Waals surface area contributed by atoms with Crippen LogP contribution in [0.2, 0.25) is 5.02 Å². The number of anilines is 2. The van der Waals surface area contributed by atoms with E-state index in [9.17, 15) is 4.79 Å². The standard InChI is InChI=1S/C26H26BrClN6O2/c1-36-19-8-4-7-18(12-19)31-26(35)33-11-5-6-17(16-33)14-29-24-13-23(20-9-2-3-10-22(20)28)32-25-21(27)15-30-34(24)25/h2-4,7-10,12-13,15,17,29H,5-6,11,14,16H2,1H3,(H,31,35). The summed E-state index contributed by atoms with van der Waals surface area (Å²) < 4.78 is 7.83. The first kappa shape index (κ1) is 24.4. The number of methoxy groups -OCH3 is 1. The Morgan fingerprint density at radius 1 is 1.22 bits per heavy atom. The molecule has 5 rings (SSSR count). The molecule has 0 saturated carbocycles. The van der Waals surface area contributed by atoms with E-state index in [1.54, 1.807) is 17.8 Å². The van der Waals surface area contributed by atoms with Crippen LogP contribution < -0.4 is 15.4 Å². The molecule has 0 aliphatic carbocycles. The lowest BCUT2D eigenvalue weighted by Crippen LogP contribution is -2.44. The fourth-order valence-corrected chi connectivity index (χ4v) is 5.02. The van der Waals surface area contributed by atoms with E-state index in [1.165, 1.54) is 0 Å². The number of nitrogens with zero attached hydrogens (tertiary/aromatic N) is 4. The normalized spacial score (nSPS) is 15.6. The summed E-state index contributed by atoms with van der Waals surface area (Å²) in [6.45, 7) is 2.09. The minimum atomic E-state index is -0.101. The van der Waals surface area contributed by atoms with Gasteiger partial charge in [0.15, 0.2) is 5.65 Å². The summed E-state index contributed by atoms with van der Waals surface area (Å²) in [4.78, 5) is 19.6. The molecular weight excluding hydrogens is 544 g/mol. The van der Waals surface area contributed by atoms with Crippen molar-refractivity contribution in [1.82, 2.24) is 19.5 Å². The molecule has 2 aromatic carbocycles. The van der Waals surface area contributed by atoms with Gasteiger partial charge in [-0.1, -0.05) is 35.9 Å². The van der Waals surface area contributed by atoms with Crippen LogP contribution in [0, 0.1) is 5.92 Å². The minimum Gasteiger partial charge on any atom is -0.497 e. The van der Waals surface area contributed by atoms with Crippen LogP contribution in [-0.2, 0) is 0 Å². The van der Waals surface area contributed by atoms with Crippen molar-refractivity contribution in [3.05, 3.63) is 70.3 Å². The first-order valence-electron chi connectivity index (χ1n) is 11.7. The van der Waals surface area contributed by atoms with Crippen molar-refractivity contribution >= 4 is 50.7 Å². The molecule has 2 N–H and O–H groups in total. The number of ether oxygens (including phenoxy) is 1. The molecule has 10 heteroatoms. The molecule has 1 aliphatic rings. The Bertz CT molecular complexity index is 1390. The summed E-state index contributed by atoms with van der Waals surface area (Å²) >= 11 is 10.00. The van der Waals surface area contributed by atoms with Crippen molar-refractivity contribution in [2.24, 2.45) is 5.92 Å². The summed E-state index contributed by atoms with van der Waals surface area (Å²) in [6.07, 6.45) is 3.71. The quantitative estimate of drug-likeness (QED) is 0.290. The Labute approximate surface area is 222 Å². The van der Waals surface area contributed by atoms with Crippen LogP contribution in [0.3, 0.4) is 0 Å². The molecule has 0 spiro atoms. The van der Waals surface area contributed by atoms with Gasteiger partial charge in [-0.15, -0.1) is 0 Å². The highest BCUT2D eigenvalue weighted by molar-refractivity contribution is 9.10. The van der Waals surface area contributed by atoms with E-state index >= 15 is 0 Å². The largest absolute Gasteiger partial charge is 0.497 e. The number of hydrogen-bond donors (Lipinski definition) is 2. The highest BCUT2D eigenvalue weighted by Gasteiger charge is 2.24. The van der Waals surface area contributed by atoms with Gasteiger partial charge in [0, 0.05) is 48.0 Å². The summed E-state index contributed by atoms with van der Waals surface area (Å²) in [5.74, 6) is 1.82. The van der Waals surface area contributed by atoms with Crippen molar-refractivity contribution in [3.63, 3.8) is 0 Å². The fourth-order valence-electron chi connectivity index (χ4n) is 4.44. The number of urea groups is 1. The van der Waals surface area contributed by atoms with E-state index in [0.717, 1.165) is 46.6 Å². The number of halogens is 2. The molecule has 186 valence electrons. The second-order valence-electron chi connectivity index (χ2n) is 8.73. The third-order valence-corrected chi connectivity index (χ3v) is 7.17. The third-order valence-electron chi connectivity index (χ3n) is 6.28. The predicted molar refractivity (Wildman–Crippen MR) is 146 cm³/mol. The summed E-state index contributed by atoms with van der Waals surface area (Å²) in [7, 11) is 1.61. The Kier molecular flexibility index (Phi) is 7.29. The first-order valence-corrected chi connectivity index (χ1v) is 12.9. The number of fused-ring (bicyclic) bond motifs is 1. The fraction of sp³-hybridized carbons (Fsp3) is 0.269. The van der Waals surface area contributed by atoms with Crippen LogP contribution in [0.15, 0.2) is 65.3 Å². The zero-order valence-corrected chi connectivity index (χ0v) is 22.1. The Morgan fingerprint density at radius 3 is 2.92 bits per heavy atom. The summed E-state index contributed by atoms with van der Waals surface area (Å²) in [5.41, 5.74) is 3.05. The SMILES string of the molecule is COc1cccc(NC(=O)N2CCCC(CNc3cc(-c4ccccc4Cl)nc4c(Br)cnn34)C2)c1. The number of aromatic nitrogens is 3. The van der Waals surface area contributed by atoms with Crippen LogP contribution in [0.5, 0.6) is 5.75 Å². The van der Waals surface area contributed by atoms with E-state index < -0.39 is 0 Å². The monoisotopic (exact) mass is 568 g/mol. The lowest BCUT2D eigenvalue weighted by atomic mass is 9.98. The third kappa shape index (κ3) is 5.27. The zero-order chi connectivity index (χ0) is 25.1. The van der Waals surface area contributed by atoms with E-state index in [0.29, 0.717) is 35.4 Å². The van der Waals surface area contributed by atoms with Gasteiger partial charge in [-0.05, 0) is 52.9 Å². The molecule has 8 nitrogen and oxygen atoms in total. The summed E-state index contributed by atoms with van der Waals surface area (Å²) in [6, 6.07) is 16.9. The molecule has 36 heavy (non-hydrogen) atoms. The maximum Gasteiger partial charge on any atom is 0.321 e. The zero-order valence-electron chi connectivity index (χ0n) is 19.7. The molecule has 3 heterocycles. The van der Waals surface area contributed by atoms with E-state index in [-0.39, 0.29) is 6.03 Å². The maximum absolute atomic E-state index is 12.9. The van der Waals surface area contributed by atoms with Gasteiger partial charge in [-0.3, -0.25) is 0 Å². The smallest absolute Gasteiger partial charge is 0.321 e. The average Bonchev–Trinajstić information content (AvgIpc) is 3.28. The first-order chi connectivity index (χ1) is 17.5. The number of hydrogen-bond acceptors (Lipinski definition) is 5. The van der Waals surface area contributed by atoms with Crippen molar-refractivity contribution in [2.75, 3.05) is 37.4 Å². The van der Waals surface area contributed by atoms with E-state index in [1.807, 2.05) is 59.5 Å². The molecular formula is C26H26BrClN6O2. The van der Waals surface area contributed by atoms with Crippen molar-refractivity contribution in [3.8, 4) is 17.0 Å². The van der Waals surface area contributed by atoms with Gasteiger partial charge in [0.2, 0.25) is 0 Å². The Balaban J connectivity index is 1.29. The number of carbonyl (C=O) groups excluding carboxylic acids is 1. The number of amides is 2. The van der Waals surface area contributed by atoms with Gasteiger partial charge in [-0.25, -0.2) is 9.78 Å². The van der Waals surface area contributed by atoms with Crippen LogP contribution in [0.4, 0.5) is 16.3 Å².